The highest BCUT2D eigenvalue weighted by atomic mass is 16.5. The normalized spacial score (nSPS) is 41.7. The molecule has 5 nitrogen and oxygen atoms in total. The molecular weight excluding hydrogens is 198 g/mol. The van der Waals surface area contributed by atoms with Gasteiger partial charge >= 0.3 is 5.97 Å². The molecule has 0 aromatic carbocycles. The van der Waals surface area contributed by atoms with E-state index in [0.29, 0.717) is 26.0 Å². The van der Waals surface area contributed by atoms with E-state index in [2.05, 4.69) is 5.32 Å². The van der Waals surface area contributed by atoms with E-state index in [1.807, 2.05) is 0 Å². The van der Waals surface area contributed by atoms with Crippen molar-refractivity contribution >= 4 is 5.97 Å². The Morgan fingerprint density at radius 1 is 1.40 bits per heavy atom. The van der Waals surface area contributed by atoms with Gasteiger partial charge in [-0.1, -0.05) is 0 Å². The second-order valence-electron chi connectivity index (χ2n) is 4.50. The van der Waals surface area contributed by atoms with Crippen LogP contribution in [0, 0.1) is 5.41 Å². The van der Waals surface area contributed by atoms with Gasteiger partial charge in [-0.25, -0.2) is 0 Å². The van der Waals surface area contributed by atoms with Gasteiger partial charge in [0.05, 0.1) is 6.61 Å². The minimum atomic E-state index is -1.20. The maximum Gasteiger partial charge on any atom is 0.313 e. The molecule has 0 bridgehead atoms. The summed E-state index contributed by atoms with van der Waals surface area (Å²) in [4.78, 5) is 11.4. The molecule has 2 unspecified atom stereocenters. The monoisotopic (exact) mass is 215 g/mol. The van der Waals surface area contributed by atoms with Crippen LogP contribution in [0.25, 0.3) is 0 Å². The second kappa shape index (κ2) is 3.73. The largest absolute Gasteiger partial charge is 0.481 e. The minimum absolute atomic E-state index is 0.140. The average molecular weight is 215 g/mol. The standard InChI is InChI=1S/C10H17NO4/c12-8(13)9(2-1-4-11-6-9)10(14)3-5-15-7-10/h11,14H,1-7H2,(H,12,13). The third kappa shape index (κ3) is 1.55. The first-order valence-corrected chi connectivity index (χ1v) is 5.35. The van der Waals surface area contributed by atoms with Crippen LogP contribution in [-0.4, -0.2) is 48.1 Å². The minimum Gasteiger partial charge on any atom is -0.481 e. The van der Waals surface area contributed by atoms with Crippen LogP contribution < -0.4 is 5.32 Å². The van der Waals surface area contributed by atoms with Crippen LogP contribution in [0.3, 0.4) is 0 Å². The number of hydrogen-bond donors (Lipinski definition) is 3. The summed E-state index contributed by atoms with van der Waals surface area (Å²) in [5, 5.41) is 22.8. The fourth-order valence-electron chi connectivity index (χ4n) is 2.62. The number of aliphatic carboxylic acids is 1. The smallest absolute Gasteiger partial charge is 0.313 e. The quantitative estimate of drug-likeness (QED) is 0.583. The van der Waals surface area contributed by atoms with Gasteiger partial charge in [0.1, 0.15) is 11.0 Å². The number of nitrogens with one attached hydrogen (secondary N) is 1. The van der Waals surface area contributed by atoms with Gasteiger partial charge in [-0.15, -0.1) is 0 Å². The number of carboxylic acid groups (broad SMARTS) is 1. The fourth-order valence-corrected chi connectivity index (χ4v) is 2.62. The van der Waals surface area contributed by atoms with Crippen LogP contribution in [0.1, 0.15) is 19.3 Å². The zero-order valence-corrected chi connectivity index (χ0v) is 8.66. The number of carboxylic acids is 1. The highest BCUT2D eigenvalue weighted by molar-refractivity contribution is 5.77. The molecule has 2 aliphatic rings. The molecular formula is C10H17NO4. The molecule has 86 valence electrons. The lowest BCUT2D eigenvalue weighted by Crippen LogP contribution is -2.60. The fraction of sp³-hybridized carbons (Fsp3) is 0.900. The van der Waals surface area contributed by atoms with Gasteiger partial charge < -0.3 is 20.3 Å². The lowest BCUT2D eigenvalue weighted by molar-refractivity contribution is -0.172. The van der Waals surface area contributed by atoms with E-state index >= 15 is 0 Å². The highest BCUT2D eigenvalue weighted by Gasteiger charge is 2.57. The van der Waals surface area contributed by atoms with Crippen LogP contribution in [-0.2, 0) is 9.53 Å². The maximum atomic E-state index is 11.4. The zero-order valence-electron chi connectivity index (χ0n) is 8.66. The molecule has 2 aliphatic heterocycles. The summed E-state index contributed by atoms with van der Waals surface area (Å²) < 4.78 is 5.15. The predicted molar refractivity (Wildman–Crippen MR) is 52.6 cm³/mol. The van der Waals surface area contributed by atoms with Crippen LogP contribution in [0.4, 0.5) is 0 Å². The van der Waals surface area contributed by atoms with Gasteiger partial charge in [-0.05, 0) is 19.4 Å². The summed E-state index contributed by atoms with van der Waals surface area (Å²) in [7, 11) is 0. The highest BCUT2D eigenvalue weighted by Crippen LogP contribution is 2.42. The molecule has 3 N–H and O–H groups in total. The van der Waals surface area contributed by atoms with Crippen molar-refractivity contribution in [2.75, 3.05) is 26.3 Å². The zero-order chi connectivity index (χ0) is 10.9. The van der Waals surface area contributed by atoms with E-state index in [1.165, 1.54) is 0 Å². The second-order valence-corrected chi connectivity index (χ2v) is 4.50. The Labute approximate surface area is 88.4 Å². The topological polar surface area (TPSA) is 78.8 Å². The van der Waals surface area contributed by atoms with E-state index in [9.17, 15) is 15.0 Å². The van der Waals surface area contributed by atoms with Crippen molar-refractivity contribution in [2.45, 2.75) is 24.9 Å². The number of rotatable bonds is 2. The lowest BCUT2D eigenvalue weighted by atomic mass is 9.67. The van der Waals surface area contributed by atoms with Crippen LogP contribution in [0.2, 0.25) is 0 Å². The van der Waals surface area contributed by atoms with E-state index in [-0.39, 0.29) is 6.61 Å². The van der Waals surface area contributed by atoms with Crippen molar-refractivity contribution in [3.8, 4) is 0 Å². The molecule has 2 fully saturated rings. The summed E-state index contributed by atoms with van der Waals surface area (Å²) in [6.45, 7) is 1.75. The SMILES string of the molecule is O=C(O)C1(C2(O)CCOC2)CCCNC1. The van der Waals surface area contributed by atoms with Crippen LogP contribution in [0.5, 0.6) is 0 Å². The molecule has 0 spiro atoms. The molecule has 0 aromatic heterocycles. The Morgan fingerprint density at radius 3 is 2.67 bits per heavy atom. The number of carbonyl (C=O) groups is 1. The maximum absolute atomic E-state index is 11.4. The summed E-state index contributed by atoms with van der Waals surface area (Å²) >= 11 is 0. The summed E-state index contributed by atoms with van der Waals surface area (Å²) in [6.07, 6.45) is 1.73. The molecule has 0 aliphatic carbocycles. The Balaban J connectivity index is 2.28. The van der Waals surface area contributed by atoms with E-state index < -0.39 is 17.0 Å². The molecule has 0 radical (unpaired) electrons. The molecule has 0 saturated carbocycles. The first-order chi connectivity index (χ1) is 7.11. The first-order valence-electron chi connectivity index (χ1n) is 5.35. The third-order valence-electron chi connectivity index (χ3n) is 3.68. The van der Waals surface area contributed by atoms with Gasteiger partial charge in [0.25, 0.3) is 0 Å². The van der Waals surface area contributed by atoms with Gasteiger partial charge in [0.15, 0.2) is 0 Å². The molecule has 15 heavy (non-hydrogen) atoms. The lowest BCUT2D eigenvalue weighted by Gasteiger charge is -2.43. The van der Waals surface area contributed by atoms with E-state index in [0.717, 1.165) is 13.0 Å². The molecule has 2 saturated heterocycles. The third-order valence-corrected chi connectivity index (χ3v) is 3.68. The molecule has 5 heteroatoms. The average Bonchev–Trinajstić information content (AvgIpc) is 2.67. The Bertz CT molecular complexity index is 254. The van der Waals surface area contributed by atoms with Gasteiger partial charge in [-0.2, -0.15) is 0 Å². The number of piperidine rings is 1. The molecule has 0 aromatic rings. The molecule has 2 atom stereocenters. The van der Waals surface area contributed by atoms with Gasteiger partial charge in [-0.3, -0.25) is 4.79 Å². The van der Waals surface area contributed by atoms with Crippen molar-refractivity contribution < 1.29 is 19.7 Å². The predicted octanol–water partition coefficient (Wildman–Crippen LogP) is -0.408. The molecule has 2 heterocycles. The van der Waals surface area contributed by atoms with Gasteiger partial charge in [0.2, 0.25) is 0 Å². The Morgan fingerprint density at radius 2 is 2.20 bits per heavy atom. The molecule has 0 amide bonds. The van der Waals surface area contributed by atoms with Crippen LogP contribution >= 0.6 is 0 Å². The summed E-state index contributed by atoms with van der Waals surface area (Å²) in [5.41, 5.74) is -2.27. The number of hydrogen-bond acceptors (Lipinski definition) is 4. The number of ether oxygens (including phenoxy) is 1. The number of aliphatic hydroxyl groups is 1. The van der Waals surface area contributed by atoms with E-state index in [1.54, 1.807) is 0 Å². The van der Waals surface area contributed by atoms with Crippen molar-refractivity contribution in [2.24, 2.45) is 5.41 Å². The molecule has 2 rings (SSSR count). The summed E-state index contributed by atoms with van der Waals surface area (Å²) in [6, 6.07) is 0. The summed E-state index contributed by atoms with van der Waals surface area (Å²) in [5.74, 6) is -0.914. The van der Waals surface area contributed by atoms with Crippen molar-refractivity contribution in [1.29, 1.82) is 0 Å². The van der Waals surface area contributed by atoms with Crippen molar-refractivity contribution in [1.82, 2.24) is 5.32 Å². The van der Waals surface area contributed by atoms with E-state index in [4.69, 9.17) is 4.74 Å². The first kappa shape index (κ1) is 10.9. The Hall–Kier alpha value is -0.650. The van der Waals surface area contributed by atoms with Crippen molar-refractivity contribution in [3.63, 3.8) is 0 Å². The van der Waals surface area contributed by atoms with Crippen molar-refractivity contribution in [3.05, 3.63) is 0 Å². The van der Waals surface area contributed by atoms with Gasteiger partial charge in [0, 0.05) is 19.6 Å². The van der Waals surface area contributed by atoms with Crippen LogP contribution in [0.15, 0.2) is 0 Å². The Kier molecular flexibility index (Phi) is 2.70.